The first kappa shape index (κ1) is 15.4. The Morgan fingerprint density at radius 3 is 2.90 bits per heavy atom. The maximum atomic E-state index is 12.9. The van der Waals surface area contributed by atoms with Gasteiger partial charge in [0.1, 0.15) is 5.82 Å². The van der Waals surface area contributed by atoms with Gasteiger partial charge < -0.3 is 9.63 Å². The van der Waals surface area contributed by atoms with Gasteiger partial charge in [-0.25, -0.2) is 4.39 Å². The van der Waals surface area contributed by atoms with Crippen molar-refractivity contribution in [2.75, 3.05) is 0 Å². The van der Waals surface area contributed by atoms with Crippen molar-refractivity contribution in [2.45, 2.75) is 32.1 Å². The molecule has 0 fully saturated rings. The van der Waals surface area contributed by atoms with Crippen LogP contribution in [0, 0.1) is 5.82 Å². The van der Waals surface area contributed by atoms with Gasteiger partial charge in [-0.15, -0.1) is 0 Å². The van der Waals surface area contributed by atoms with Gasteiger partial charge in [0.05, 0.1) is 0 Å². The van der Waals surface area contributed by atoms with Crippen LogP contribution < -0.4 is 0 Å². The molecule has 0 unspecified atom stereocenters. The predicted molar refractivity (Wildman–Crippen MR) is 73.7 cm³/mol. The molecule has 0 aliphatic rings. The van der Waals surface area contributed by atoms with Crippen LogP contribution in [-0.2, 0) is 17.6 Å². The smallest absolute Gasteiger partial charge is 0.303 e. The number of hydrogen-bond acceptors (Lipinski definition) is 4. The van der Waals surface area contributed by atoms with Crippen molar-refractivity contribution in [2.24, 2.45) is 0 Å². The highest BCUT2D eigenvalue weighted by Crippen LogP contribution is 2.19. The average Bonchev–Trinajstić information content (AvgIpc) is 2.85. The summed E-state index contributed by atoms with van der Waals surface area (Å²) in [5.41, 5.74) is 0.719. The first-order valence-electron chi connectivity index (χ1n) is 6.52. The van der Waals surface area contributed by atoms with E-state index in [4.69, 9.17) is 21.2 Å². The van der Waals surface area contributed by atoms with Crippen LogP contribution >= 0.6 is 11.6 Å². The van der Waals surface area contributed by atoms with Crippen molar-refractivity contribution >= 4 is 17.6 Å². The minimum Gasteiger partial charge on any atom is -0.481 e. The summed E-state index contributed by atoms with van der Waals surface area (Å²) < 4.78 is 18.0. The zero-order valence-electron chi connectivity index (χ0n) is 11.2. The molecule has 5 nitrogen and oxygen atoms in total. The molecule has 112 valence electrons. The molecule has 0 atom stereocenters. The van der Waals surface area contributed by atoms with Gasteiger partial charge in [0, 0.05) is 24.3 Å². The highest BCUT2D eigenvalue weighted by Gasteiger charge is 2.10. The summed E-state index contributed by atoms with van der Waals surface area (Å²) in [5.74, 6) is -0.270. The first-order valence-corrected chi connectivity index (χ1v) is 6.89. The van der Waals surface area contributed by atoms with Crippen molar-refractivity contribution in [3.8, 4) is 0 Å². The summed E-state index contributed by atoms with van der Waals surface area (Å²) in [7, 11) is 0. The van der Waals surface area contributed by atoms with Gasteiger partial charge in [-0.2, -0.15) is 4.98 Å². The highest BCUT2D eigenvalue weighted by atomic mass is 35.5. The lowest BCUT2D eigenvalue weighted by Gasteiger charge is -2.00. The maximum absolute atomic E-state index is 12.9. The number of halogens is 2. The first-order chi connectivity index (χ1) is 10.0. The third-order valence-electron chi connectivity index (χ3n) is 2.91. The van der Waals surface area contributed by atoms with E-state index >= 15 is 0 Å². The second kappa shape index (κ2) is 7.17. The molecule has 0 radical (unpaired) electrons. The van der Waals surface area contributed by atoms with Crippen LogP contribution in [0.4, 0.5) is 4.39 Å². The Morgan fingerprint density at radius 1 is 1.38 bits per heavy atom. The Labute approximate surface area is 125 Å². The van der Waals surface area contributed by atoms with Gasteiger partial charge in [0.2, 0.25) is 5.89 Å². The summed E-state index contributed by atoms with van der Waals surface area (Å²) in [6, 6.07) is 4.15. The highest BCUT2D eigenvalue weighted by molar-refractivity contribution is 6.31. The van der Waals surface area contributed by atoms with E-state index in [0.29, 0.717) is 42.4 Å². The fraction of sp³-hybridized carbons (Fsp3) is 0.357. The summed E-state index contributed by atoms with van der Waals surface area (Å²) in [5, 5.41) is 12.7. The Hall–Kier alpha value is -1.95. The molecule has 0 amide bonds. The van der Waals surface area contributed by atoms with E-state index in [-0.39, 0.29) is 6.42 Å². The zero-order chi connectivity index (χ0) is 15.2. The van der Waals surface area contributed by atoms with Crippen LogP contribution in [0.2, 0.25) is 5.02 Å². The molecular weight excluding hydrogens is 299 g/mol. The number of aromatic nitrogens is 2. The molecule has 21 heavy (non-hydrogen) atoms. The van der Waals surface area contributed by atoms with E-state index in [1.807, 2.05) is 0 Å². The van der Waals surface area contributed by atoms with Crippen LogP contribution in [-0.4, -0.2) is 21.2 Å². The standard InChI is InChI=1S/C14H14ClFN2O3/c15-11-8-10(16)6-5-9(11)7-12-17-13(21-18-12)3-1-2-4-14(19)20/h5-6,8H,1-4,7H2,(H,19,20). The molecule has 1 N–H and O–H groups in total. The zero-order valence-corrected chi connectivity index (χ0v) is 11.9. The summed E-state index contributed by atoms with van der Waals surface area (Å²) in [6.45, 7) is 0. The van der Waals surface area contributed by atoms with Gasteiger partial charge in [-0.3, -0.25) is 4.79 Å². The van der Waals surface area contributed by atoms with Gasteiger partial charge in [-0.05, 0) is 30.5 Å². The van der Waals surface area contributed by atoms with Crippen LogP contribution in [0.15, 0.2) is 22.7 Å². The number of rotatable bonds is 7. The monoisotopic (exact) mass is 312 g/mol. The molecule has 2 aromatic rings. The van der Waals surface area contributed by atoms with Gasteiger partial charge >= 0.3 is 5.97 Å². The average molecular weight is 313 g/mol. The van der Waals surface area contributed by atoms with Crippen molar-refractivity contribution < 1.29 is 18.8 Å². The molecule has 0 saturated carbocycles. The summed E-state index contributed by atoms with van der Waals surface area (Å²) in [4.78, 5) is 14.6. The fourth-order valence-electron chi connectivity index (χ4n) is 1.85. The molecule has 1 aromatic heterocycles. The van der Waals surface area contributed by atoms with E-state index < -0.39 is 11.8 Å². The fourth-order valence-corrected chi connectivity index (χ4v) is 2.09. The van der Waals surface area contributed by atoms with E-state index in [9.17, 15) is 9.18 Å². The maximum Gasteiger partial charge on any atom is 0.303 e. The molecule has 0 spiro atoms. The normalized spacial score (nSPS) is 10.8. The molecule has 7 heteroatoms. The van der Waals surface area contributed by atoms with Crippen LogP contribution in [0.3, 0.4) is 0 Å². The van der Waals surface area contributed by atoms with E-state index in [0.717, 1.165) is 5.56 Å². The Morgan fingerprint density at radius 2 is 2.19 bits per heavy atom. The number of carboxylic acids is 1. The number of carboxylic acid groups (broad SMARTS) is 1. The molecule has 1 aromatic carbocycles. The molecule has 0 bridgehead atoms. The summed E-state index contributed by atoms with van der Waals surface area (Å²) in [6.07, 6.45) is 2.27. The number of carbonyl (C=O) groups is 1. The largest absolute Gasteiger partial charge is 0.481 e. The number of hydrogen-bond donors (Lipinski definition) is 1. The quantitative estimate of drug-likeness (QED) is 0.794. The molecular formula is C14H14ClFN2O3. The Bertz CT molecular complexity index is 630. The summed E-state index contributed by atoms with van der Waals surface area (Å²) >= 11 is 5.94. The molecule has 0 aliphatic heterocycles. The lowest BCUT2D eigenvalue weighted by Crippen LogP contribution is -1.96. The SMILES string of the molecule is O=C(O)CCCCc1nc(Cc2ccc(F)cc2Cl)no1. The minimum absolute atomic E-state index is 0.131. The van der Waals surface area contributed by atoms with Gasteiger partial charge in [0.25, 0.3) is 0 Å². The predicted octanol–water partition coefficient (Wildman–Crippen LogP) is 3.25. The lowest BCUT2D eigenvalue weighted by atomic mass is 10.1. The second-order valence-corrected chi connectivity index (χ2v) is 5.02. The number of unbranched alkanes of at least 4 members (excludes halogenated alkanes) is 1. The number of aliphatic carboxylic acids is 1. The molecule has 1 heterocycles. The van der Waals surface area contributed by atoms with E-state index in [1.54, 1.807) is 6.07 Å². The van der Waals surface area contributed by atoms with Gasteiger partial charge in [0.15, 0.2) is 5.82 Å². The third-order valence-corrected chi connectivity index (χ3v) is 3.26. The van der Waals surface area contributed by atoms with E-state index in [2.05, 4.69) is 10.1 Å². The Kier molecular flexibility index (Phi) is 5.27. The van der Waals surface area contributed by atoms with Crippen molar-refractivity contribution in [1.82, 2.24) is 10.1 Å². The number of aryl methyl sites for hydroxylation is 1. The number of benzene rings is 1. The van der Waals surface area contributed by atoms with Gasteiger partial charge in [-0.1, -0.05) is 22.8 Å². The van der Waals surface area contributed by atoms with E-state index in [1.165, 1.54) is 12.1 Å². The number of nitrogens with zero attached hydrogens (tertiary/aromatic N) is 2. The lowest BCUT2D eigenvalue weighted by molar-refractivity contribution is -0.137. The van der Waals surface area contributed by atoms with Crippen LogP contribution in [0.5, 0.6) is 0 Å². The van der Waals surface area contributed by atoms with Crippen molar-refractivity contribution in [3.05, 3.63) is 46.3 Å². The topological polar surface area (TPSA) is 76.2 Å². The minimum atomic E-state index is -0.813. The second-order valence-electron chi connectivity index (χ2n) is 4.62. The van der Waals surface area contributed by atoms with Crippen LogP contribution in [0.1, 0.15) is 36.5 Å². The van der Waals surface area contributed by atoms with Crippen LogP contribution in [0.25, 0.3) is 0 Å². The third kappa shape index (κ3) is 4.82. The Balaban J connectivity index is 1.89. The van der Waals surface area contributed by atoms with Crippen molar-refractivity contribution in [1.29, 1.82) is 0 Å². The molecule has 2 rings (SSSR count). The molecule has 0 aliphatic carbocycles. The van der Waals surface area contributed by atoms with Crippen molar-refractivity contribution in [3.63, 3.8) is 0 Å². The molecule has 0 saturated heterocycles.